The highest BCUT2D eigenvalue weighted by molar-refractivity contribution is 8.00. The Morgan fingerprint density at radius 3 is 2.62 bits per heavy atom. The summed E-state index contributed by atoms with van der Waals surface area (Å²) < 4.78 is 7.98. The van der Waals surface area contributed by atoms with Crippen molar-refractivity contribution in [3.63, 3.8) is 0 Å². The molecule has 0 radical (unpaired) electrons. The summed E-state index contributed by atoms with van der Waals surface area (Å²) in [5.41, 5.74) is 0.897. The standard InChI is InChI=1S/C43H55ClN6O5S/c1-6-41(4)23-36(42(5)28(2)14-16-43(29(3)40(41)54)17-15-34(51)39(42)43)55-38(53)27-56-35-13-8-7-12-33(35)45-37(52)26-50-25-31(46-47-50)24-48-18-20-49(21-19-48)32-11-9-10-30(44)22-32/h6-13,22,25,28-29,36,39-40,54H,1,14-21,23-24,26-27H2,2-5H3,(H,45,52)/t28-,29+,36-,39+,40+,41-,42+,43+/m1/s1. The van der Waals surface area contributed by atoms with Crippen LogP contribution in [-0.4, -0.2) is 86.8 Å². The van der Waals surface area contributed by atoms with Gasteiger partial charge >= 0.3 is 5.97 Å². The maximum absolute atomic E-state index is 13.8. The van der Waals surface area contributed by atoms with Crippen molar-refractivity contribution in [1.82, 2.24) is 19.9 Å². The van der Waals surface area contributed by atoms with Crippen molar-refractivity contribution in [2.45, 2.75) is 90.0 Å². The zero-order valence-corrected chi connectivity index (χ0v) is 34.5. The Hall–Kier alpha value is -3.71. The molecule has 2 bridgehead atoms. The first kappa shape index (κ1) is 40.5. The lowest BCUT2D eigenvalue weighted by Crippen LogP contribution is -2.63. The minimum atomic E-state index is -0.719. The van der Waals surface area contributed by atoms with Crippen LogP contribution in [0, 0.1) is 34.0 Å². The number of ether oxygens (including phenoxy) is 1. The Labute approximate surface area is 339 Å². The van der Waals surface area contributed by atoms with Crippen LogP contribution < -0.4 is 10.2 Å². The number of carbonyl (C=O) groups excluding carboxylic acids is 3. The summed E-state index contributed by atoms with van der Waals surface area (Å²) in [6.07, 6.45) is 5.75. The van der Waals surface area contributed by atoms with Gasteiger partial charge in [-0.05, 0) is 73.3 Å². The molecule has 1 amide bonds. The summed E-state index contributed by atoms with van der Waals surface area (Å²) in [5, 5.41) is 24.1. The smallest absolute Gasteiger partial charge is 0.316 e. The number of halogens is 1. The van der Waals surface area contributed by atoms with Gasteiger partial charge in [-0.15, -0.1) is 23.4 Å². The van der Waals surface area contributed by atoms with E-state index in [0.717, 1.165) is 66.7 Å². The Bertz CT molecular complexity index is 1950. The van der Waals surface area contributed by atoms with Crippen LogP contribution in [0.4, 0.5) is 11.4 Å². The molecular formula is C43H55ClN6O5S. The zero-order chi connectivity index (χ0) is 39.8. The largest absolute Gasteiger partial charge is 0.461 e. The van der Waals surface area contributed by atoms with Gasteiger partial charge in [0.05, 0.1) is 29.4 Å². The van der Waals surface area contributed by atoms with E-state index in [1.807, 2.05) is 61.7 Å². The fourth-order valence-corrected chi connectivity index (χ4v) is 11.4. The minimum Gasteiger partial charge on any atom is -0.461 e. The van der Waals surface area contributed by atoms with E-state index in [-0.39, 0.29) is 47.2 Å². The number of aliphatic hydroxyl groups is 1. The molecule has 1 saturated heterocycles. The van der Waals surface area contributed by atoms with Crippen molar-refractivity contribution in [3.8, 4) is 0 Å². The molecule has 1 aromatic heterocycles. The number of hydrogen-bond acceptors (Lipinski definition) is 10. The number of nitrogens with one attached hydrogen (secondary N) is 1. The van der Waals surface area contributed by atoms with E-state index in [1.54, 1.807) is 4.68 Å². The van der Waals surface area contributed by atoms with Crippen LogP contribution in [0.2, 0.25) is 5.02 Å². The fourth-order valence-electron chi connectivity index (χ4n) is 10.4. The number of esters is 1. The third kappa shape index (κ3) is 7.78. The van der Waals surface area contributed by atoms with Gasteiger partial charge in [-0.2, -0.15) is 0 Å². The molecule has 1 aliphatic heterocycles. The number of carbonyl (C=O) groups is 3. The number of piperazine rings is 1. The normalized spacial score (nSPS) is 31.9. The van der Waals surface area contributed by atoms with E-state index in [4.69, 9.17) is 16.3 Å². The number of benzene rings is 2. The Morgan fingerprint density at radius 2 is 1.88 bits per heavy atom. The van der Waals surface area contributed by atoms with E-state index in [2.05, 4.69) is 58.8 Å². The quantitative estimate of drug-likeness (QED) is 0.120. The molecule has 300 valence electrons. The predicted octanol–water partition coefficient (Wildman–Crippen LogP) is 6.89. The SMILES string of the molecule is C=C[C@]1(C)C[C@@H](OC(=O)CSc2ccccc2NC(=O)Cn2cc(CN3CCN(c4cccc(Cl)c4)CC3)nn2)[C@]2(C)[C@H](C)CC[C@]3(CCC(=O)[C@H]32)[C@@H](C)[C@@H]1O. The first-order valence-electron chi connectivity index (χ1n) is 19.9. The van der Waals surface area contributed by atoms with Crippen molar-refractivity contribution in [2.24, 2.45) is 34.0 Å². The molecule has 8 atom stereocenters. The van der Waals surface area contributed by atoms with Crippen LogP contribution in [0.1, 0.15) is 65.5 Å². The molecule has 4 aliphatic rings. The van der Waals surface area contributed by atoms with Crippen molar-refractivity contribution in [1.29, 1.82) is 0 Å². The zero-order valence-electron chi connectivity index (χ0n) is 33.0. The number of Topliss-reactive ketones (excluding diaryl/α,β-unsaturated/α-hetero) is 1. The molecule has 2 aromatic carbocycles. The molecule has 0 spiro atoms. The van der Waals surface area contributed by atoms with Gasteiger partial charge in [-0.1, -0.05) is 68.8 Å². The molecule has 3 saturated carbocycles. The van der Waals surface area contributed by atoms with E-state index >= 15 is 0 Å². The average Bonchev–Trinajstić information content (AvgIpc) is 3.78. The molecule has 7 rings (SSSR count). The van der Waals surface area contributed by atoms with Gasteiger partial charge in [0.1, 0.15) is 18.4 Å². The number of aliphatic hydroxyl groups excluding tert-OH is 1. The lowest BCUT2D eigenvalue weighted by atomic mass is 9.44. The number of hydrogen-bond donors (Lipinski definition) is 2. The summed E-state index contributed by atoms with van der Waals surface area (Å²) in [4.78, 5) is 46.1. The van der Waals surface area contributed by atoms with Crippen LogP contribution in [0.25, 0.3) is 0 Å². The summed E-state index contributed by atoms with van der Waals surface area (Å²) in [6.45, 7) is 16.7. The second kappa shape index (κ2) is 16.3. The number of amides is 1. The van der Waals surface area contributed by atoms with Crippen molar-refractivity contribution >= 4 is 52.4 Å². The summed E-state index contributed by atoms with van der Waals surface area (Å²) in [7, 11) is 0. The molecule has 2 N–H and O–H groups in total. The molecule has 0 unspecified atom stereocenters. The van der Waals surface area contributed by atoms with Gasteiger partial charge in [-0.3, -0.25) is 19.3 Å². The predicted molar refractivity (Wildman–Crippen MR) is 219 cm³/mol. The van der Waals surface area contributed by atoms with Gasteiger partial charge in [0, 0.05) is 71.5 Å². The summed E-state index contributed by atoms with van der Waals surface area (Å²) in [5.74, 6) is -0.636. The average molecular weight is 803 g/mol. The first-order valence-corrected chi connectivity index (χ1v) is 21.3. The minimum absolute atomic E-state index is 0.0110. The van der Waals surface area contributed by atoms with Crippen molar-refractivity contribution in [2.75, 3.05) is 42.1 Å². The number of para-hydroxylation sites is 1. The molecule has 4 fully saturated rings. The van der Waals surface area contributed by atoms with Crippen LogP contribution in [0.15, 0.2) is 72.3 Å². The highest BCUT2D eigenvalue weighted by Gasteiger charge is 2.68. The highest BCUT2D eigenvalue weighted by Crippen LogP contribution is 2.68. The van der Waals surface area contributed by atoms with E-state index < -0.39 is 29.0 Å². The second-order valence-corrected chi connectivity index (χ2v) is 18.5. The molecule has 11 nitrogen and oxygen atoms in total. The van der Waals surface area contributed by atoms with Gasteiger partial charge in [-0.25, -0.2) is 4.68 Å². The lowest BCUT2D eigenvalue weighted by molar-refractivity contribution is -0.205. The molecule has 13 heteroatoms. The third-order valence-electron chi connectivity index (χ3n) is 13.9. The van der Waals surface area contributed by atoms with Crippen molar-refractivity contribution in [3.05, 3.63) is 78.1 Å². The number of anilines is 2. The van der Waals surface area contributed by atoms with Gasteiger partial charge in [0.2, 0.25) is 5.91 Å². The maximum atomic E-state index is 13.8. The third-order valence-corrected chi connectivity index (χ3v) is 15.2. The van der Waals surface area contributed by atoms with Gasteiger partial charge in [0.15, 0.2) is 0 Å². The second-order valence-electron chi connectivity index (χ2n) is 17.0. The van der Waals surface area contributed by atoms with Crippen molar-refractivity contribution < 1.29 is 24.2 Å². The number of rotatable bonds is 11. The van der Waals surface area contributed by atoms with E-state index in [0.29, 0.717) is 25.1 Å². The first-order chi connectivity index (χ1) is 26.8. The van der Waals surface area contributed by atoms with Crippen LogP contribution in [0.3, 0.4) is 0 Å². The number of aromatic nitrogens is 3. The van der Waals surface area contributed by atoms with E-state index in [1.165, 1.54) is 11.8 Å². The van der Waals surface area contributed by atoms with Crippen LogP contribution in [-0.2, 0) is 32.2 Å². The fraction of sp³-hybridized carbons (Fsp3) is 0.558. The summed E-state index contributed by atoms with van der Waals surface area (Å²) >= 11 is 7.49. The van der Waals surface area contributed by atoms with Crippen LogP contribution >= 0.6 is 23.4 Å². The molecule has 3 aliphatic carbocycles. The molecule has 56 heavy (non-hydrogen) atoms. The topological polar surface area (TPSA) is 130 Å². The molecule has 3 aromatic rings. The maximum Gasteiger partial charge on any atom is 0.316 e. The van der Waals surface area contributed by atoms with Gasteiger partial charge < -0.3 is 20.1 Å². The Balaban J connectivity index is 0.960. The monoisotopic (exact) mass is 802 g/mol. The van der Waals surface area contributed by atoms with Gasteiger partial charge in [0.25, 0.3) is 0 Å². The highest BCUT2D eigenvalue weighted by atomic mass is 35.5. The summed E-state index contributed by atoms with van der Waals surface area (Å²) in [6, 6.07) is 15.3. The Kier molecular flexibility index (Phi) is 11.8. The number of nitrogens with zero attached hydrogens (tertiary/aromatic N) is 5. The number of thioether (sulfide) groups is 1. The lowest BCUT2D eigenvalue weighted by Gasteiger charge is -2.61. The van der Waals surface area contributed by atoms with Crippen LogP contribution in [0.5, 0.6) is 0 Å². The Morgan fingerprint density at radius 1 is 1.11 bits per heavy atom. The molecular weight excluding hydrogens is 748 g/mol. The number of ketones is 1. The van der Waals surface area contributed by atoms with E-state index in [9.17, 15) is 19.5 Å². The molecule has 2 heterocycles.